The van der Waals surface area contributed by atoms with Gasteiger partial charge in [0, 0.05) is 6.54 Å². The largest absolute Gasteiger partial charge is 0.326 e. The molecule has 0 amide bonds. The zero-order valence-corrected chi connectivity index (χ0v) is 12.8. The van der Waals surface area contributed by atoms with Gasteiger partial charge in [0.25, 0.3) is 0 Å². The first-order valence-electron chi connectivity index (χ1n) is 5.89. The lowest BCUT2D eigenvalue weighted by Crippen LogP contribution is -2.09. The van der Waals surface area contributed by atoms with E-state index in [1.807, 2.05) is 13.0 Å². The van der Waals surface area contributed by atoms with Gasteiger partial charge in [-0.15, -0.1) is 11.6 Å². The molecule has 0 fully saturated rings. The van der Waals surface area contributed by atoms with E-state index in [0.29, 0.717) is 16.0 Å². The number of imidazole rings is 1. The summed E-state index contributed by atoms with van der Waals surface area (Å²) in [5.41, 5.74) is 1.83. The highest BCUT2D eigenvalue weighted by Crippen LogP contribution is 2.31. The summed E-state index contributed by atoms with van der Waals surface area (Å²) >= 11 is 18.3. The molecule has 0 aliphatic carbocycles. The van der Waals surface area contributed by atoms with E-state index in [9.17, 15) is 0 Å². The molecule has 1 unspecified atom stereocenters. The van der Waals surface area contributed by atoms with Gasteiger partial charge in [0.1, 0.15) is 5.82 Å². The van der Waals surface area contributed by atoms with Crippen LogP contribution < -0.4 is 0 Å². The van der Waals surface area contributed by atoms with E-state index >= 15 is 0 Å². The van der Waals surface area contributed by atoms with E-state index in [1.54, 1.807) is 6.07 Å². The van der Waals surface area contributed by atoms with Gasteiger partial charge >= 0.3 is 0 Å². The van der Waals surface area contributed by atoms with Crippen molar-refractivity contribution in [2.24, 2.45) is 5.92 Å². The van der Waals surface area contributed by atoms with Crippen LogP contribution in [0, 0.1) is 5.92 Å². The molecule has 0 radical (unpaired) electrons. The van der Waals surface area contributed by atoms with E-state index < -0.39 is 0 Å². The molecule has 0 aliphatic rings. The standard InChI is InChI=1S/C13H15Cl3N2/c1-7(2)6-18-12-5-10(16)9(15)4-11(12)17-13(18)8(3)14/h4-5,7-8H,6H2,1-3H3. The monoisotopic (exact) mass is 304 g/mol. The van der Waals surface area contributed by atoms with E-state index in [4.69, 9.17) is 34.8 Å². The molecule has 0 bridgehead atoms. The maximum atomic E-state index is 6.19. The fourth-order valence-electron chi connectivity index (χ4n) is 2.00. The van der Waals surface area contributed by atoms with Gasteiger partial charge in [-0.25, -0.2) is 4.98 Å². The van der Waals surface area contributed by atoms with Crippen molar-refractivity contribution in [2.75, 3.05) is 0 Å². The number of rotatable bonds is 3. The molecule has 1 aromatic heterocycles. The van der Waals surface area contributed by atoms with Crippen LogP contribution in [0.25, 0.3) is 11.0 Å². The van der Waals surface area contributed by atoms with Gasteiger partial charge in [0.05, 0.1) is 26.5 Å². The summed E-state index contributed by atoms with van der Waals surface area (Å²) in [6.45, 7) is 7.10. The number of nitrogens with zero attached hydrogens (tertiary/aromatic N) is 2. The normalized spacial score (nSPS) is 13.5. The molecule has 5 heteroatoms. The Kier molecular flexibility index (Phi) is 4.10. The van der Waals surface area contributed by atoms with Crippen molar-refractivity contribution in [1.82, 2.24) is 9.55 Å². The van der Waals surface area contributed by atoms with Crippen molar-refractivity contribution in [3.63, 3.8) is 0 Å². The Hall–Kier alpha value is -0.440. The van der Waals surface area contributed by atoms with Crippen LogP contribution in [0.4, 0.5) is 0 Å². The lowest BCUT2D eigenvalue weighted by Gasteiger charge is -2.12. The first-order chi connectivity index (χ1) is 8.40. The quantitative estimate of drug-likeness (QED) is 0.704. The highest BCUT2D eigenvalue weighted by Gasteiger charge is 2.17. The summed E-state index contributed by atoms with van der Waals surface area (Å²) in [5.74, 6) is 1.37. The summed E-state index contributed by atoms with van der Waals surface area (Å²) in [7, 11) is 0. The molecular weight excluding hydrogens is 291 g/mol. The number of hydrogen-bond donors (Lipinski definition) is 0. The SMILES string of the molecule is CC(C)Cn1c(C(C)Cl)nc2cc(Cl)c(Cl)cc21. The topological polar surface area (TPSA) is 17.8 Å². The number of hydrogen-bond acceptors (Lipinski definition) is 1. The van der Waals surface area contributed by atoms with Crippen molar-refractivity contribution in [1.29, 1.82) is 0 Å². The van der Waals surface area contributed by atoms with Crippen LogP contribution >= 0.6 is 34.8 Å². The smallest absolute Gasteiger partial charge is 0.127 e. The lowest BCUT2D eigenvalue weighted by atomic mass is 10.2. The van der Waals surface area contributed by atoms with E-state index in [1.165, 1.54) is 0 Å². The Balaban J connectivity index is 2.68. The predicted octanol–water partition coefficient (Wildman–Crippen LogP) is 5.30. The Morgan fingerprint density at radius 2 is 1.78 bits per heavy atom. The number of aromatic nitrogens is 2. The molecule has 2 rings (SSSR count). The summed E-state index contributed by atoms with van der Waals surface area (Å²) in [6, 6.07) is 3.65. The summed E-state index contributed by atoms with van der Waals surface area (Å²) < 4.78 is 2.12. The van der Waals surface area contributed by atoms with Gasteiger partial charge in [-0.2, -0.15) is 0 Å². The second-order valence-electron chi connectivity index (χ2n) is 4.85. The second-order valence-corrected chi connectivity index (χ2v) is 6.31. The van der Waals surface area contributed by atoms with Crippen LogP contribution in [0.2, 0.25) is 10.0 Å². The number of benzene rings is 1. The minimum Gasteiger partial charge on any atom is -0.326 e. The summed E-state index contributed by atoms with van der Waals surface area (Å²) in [6.07, 6.45) is 0. The van der Waals surface area contributed by atoms with Crippen molar-refractivity contribution < 1.29 is 0 Å². The van der Waals surface area contributed by atoms with Crippen LogP contribution in [0.1, 0.15) is 32.0 Å². The second kappa shape index (κ2) is 5.28. The van der Waals surface area contributed by atoms with Crippen LogP contribution in [0.5, 0.6) is 0 Å². The number of alkyl halides is 1. The van der Waals surface area contributed by atoms with Gasteiger partial charge in [0.2, 0.25) is 0 Å². The van der Waals surface area contributed by atoms with Gasteiger partial charge in [-0.05, 0) is 25.0 Å². The molecule has 2 nitrogen and oxygen atoms in total. The summed E-state index contributed by atoms with van der Waals surface area (Å²) in [5, 5.41) is 0.920. The zero-order chi connectivity index (χ0) is 13.4. The molecule has 0 aliphatic heterocycles. The third-order valence-corrected chi connectivity index (χ3v) is 3.64. The number of halogens is 3. The molecule has 0 spiro atoms. The average molecular weight is 306 g/mol. The lowest BCUT2D eigenvalue weighted by molar-refractivity contribution is 0.517. The Morgan fingerprint density at radius 1 is 1.17 bits per heavy atom. The van der Waals surface area contributed by atoms with Gasteiger partial charge in [-0.1, -0.05) is 37.0 Å². The molecule has 1 heterocycles. The molecule has 1 atom stereocenters. The third-order valence-electron chi connectivity index (χ3n) is 2.72. The number of fused-ring (bicyclic) bond motifs is 1. The molecule has 2 aromatic rings. The molecule has 98 valence electrons. The van der Waals surface area contributed by atoms with Crippen molar-refractivity contribution in [2.45, 2.75) is 32.7 Å². The van der Waals surface area contributed by atoms with Crippen molar-refractivity contribution >= 4 is 45.8 Å². The van der Waals surface area contributed by atoms with Crippen LogP contribution in [0.15, 0.2) is 12.1 Å². The Labute approximate surface area is 122 Å². The molecule has 0 saturated carbocycles. The van der Waals surface area contributed by atoms with Gasteiger partial charge in [-0.3, -0.25) is 0 Å². The van der Waals surface area contributed by atoms with Gasteiger partial charge in [0.15, 0.2) is 0 Å². The van der Waals surface area contributed by atoms with Crippen LogP contribution in [-0.2, 0) is 6.54 Å². The minimum atomic E-state index is -0.145. The van der Waals surface area contributed by atoms with E-state index in [2.05, 4.69) is 23.4 Å². The van der Waals surface area contributed by atoms with Crippen molar-refractivity contribution in [3.8, 4) is 0 Å². The van der Waals surface area contributed by atoms with Crippen LogP contribution in [0.3, 0.4) is 0 Å². The van der Waals surface area contributed by atoms with Crippen LogP contribution in [-0.4, -0.2) is 9.55 Å². The fraction of sp³-hybridized carbons (Fsp3) is 0.462. The molecular formula is C13H15Cl3N2. The van der Waals surface area contributed by atoms with E-state index in [-0.39, 0.29) is 5.38 Å². The Morgan fingerprint density at radius 3 is 2.33 bits per heavy atom. The average Bonchev–Trinajstić information content (AvgIpc) is 2.57. The highest BCUT2D eigenvalue weighted by atomic mass is 35.5. The Bertz CT molecular complexity index is 573. The highest BCUT2D eigenvalue weighted by molar-refractivity contribution is 6.42. The molecule has 0 N–H and O–H groups in total. The maximum Gasteiger partial charge on any atom is 0.127 e. The first-order valence-corrected chi connectivity index (χ1v) is 7.08. The fourth-order valence-corrected chi connectivity index (χ4v) is 2.48. The maximum absolute atomic E-state index is 6.19. The predicted molar refractivity (Wildman–Crippen MR) is 78.9 cm³/mol. The first kappa shape index (κ1) is 14.0. The molecule has 0 saturated heterocycles. The zero-order valence-electron chi connectivity index (χ0n) is 10.5. The minimum absolute atomic E-state index is 0.145. The van der Waals surface area contributed by atoms with Gasteiger partial charge < -0.3 is 4.57 Å². The molecule has 18 heavy (non-hydrogen) atoms. The third kappa shape index (κ3) is 2.61. The van der Waals surface area contributed by atoms with E-state index in [0.717, 1.165) is 23.4 Å². The van der Waals surface area contributed by atoms with Crippen molar-refractivity contribution in [3.05, 3.63) is 28.0 Å². The molecule has 1 aromatic carbocycles. The summed E-state index contributed by atoms with van der Waals surface area (Å²) in [4.78, 5) is 4.56.